The van der Waals surface area contributed by atoms with Gasteiger partial charge in [-0.3, -0.25) is 4.57 Å². The summed E-state index contributed by atoms with van der Waals surface area (Å²) in [5, 5.41) is 10.2. The molecule has 0 spiro atoms. The standard InChI is InChI=1S/C27H28ClN3O5S/c1-4-26-29-24-15-20(17-36-3)23(28)16-25(24)31(26)21-9-7-19(8-10-21)13-14-30(27(32)33)37(34,35)22-11-5-18(2)6-12-22/h5-12,15-16H,4,13-14,17H2,1-3H3,(H,32,33). The summed E-state index contributed by atoms with van der Waals surface area (Å²) in [4.78, 5) is 16.5. The number of amides is 1. The molecular formula is C27H28ClN3O5S. The van der Waals surface area contributed by atoms with Crippen LogP contribution in [0.5, 0.6) is 0 Å². The van der Waals surface area contributed by atoms with E-state index in [2.05, 4.69) is 0 Å². The van der Waals surface area contributed by atoms with Crippen molar-refractivity contribution >= 4 is 38.8 Å². The zero-order valence-electron chi connectivity index (χ0n) is 20.8. The summed E-state index contributed by atoms with van der Waals surface area (Å²) in [5.74, 6) is 0.870. The number of hydrogen-bond acceptors (Lipinski definition) is 5. The van der Waals surface area contributed by atoms with Gasteiger partial charge in [0.1, 0.15) is 5.82 Å². The van der Waals surface area contributed by atoms with E-state index in [0.29, 0.717) is 22.4 Å². The van der Waals surface area contributed by atoms with Gasteiger partial charge in [0, 0.05) is 30.8 Å². The van der Waals surface area contributed by atoms with Gasteiger partial charge in [-0.05, 0) is 60.9 Å². The number of imidazole rings is 1. The maximum Gasteiger partial charge on any atom is 0.421 e. The highest BCUT2D eigenvalue weighted by Crippen LogP contribution is 2.28. The Morgan fingerprint density at radius 3 is 2.38 bits per heavy atom. The maximum atomic E-state index is 12.9. The molecule has 4 aromatic rings. The largest absolute Gasteiger partial charge is 0.464 e. The van der Waals surface area contributed by atoms with E-state index in [9.17, 15) is 18.3 Å². The van der Waals surface area contributed by atoms with Gasteiger partial charge in [0.2, 0.25) is 0 Å². The van der Waals surface area contributed by atoms with Gasteiger partial charge in [0.05, 0.1) is 22.5 Å². The second-order valence-electron chi connectivity index (χ2n) is 8.67. The smallest absolute Gasteiger partial charge is 0.421 e. The fourth-order valence-electron chi connectivity index (χ4n) is 4.18. The molecule has 1 amide bonds. The van der Waals surface area contributed by atoms with Gasteiger partial charge in [-0.15, -0.1) is 0 Å². The van der Waals surface area contributed by atoms with E-state index < -0.39 is 16.1 Å². The Morgan fingerprint density at radius 2 is 1.78 bits per heavy atom. The molecule has 4 rings (SSSR count). The molecule has 0 bridgehead atoms. The van der Waals surface area contributed by atoms with Crippen LogP contribution in [-0.4, -0.2) is 47.1 Å². The lowest BCUT2D eigenvalue weighted by molar-refractivity contribution is 0.172. The first-order valence-electron chi connectivity index (χ1n) is 11.8. The molecule has 0 fully saturated rings. The summed E-state index contributed by atoms with van der Waals surface area (Å²) < 4.78 is 33.6. The molecule has 1 aromatic heterocycles. The Bertz CT molecular complexity index is 1530. The molecule has 37 heavy (non-hydrogen) atoms. The van der Waals surface area contributed by atoms with Gasteiger partial charge in [-0.1, -0.05) is 48.4 Å². The zero-order valence-corrected chi connectivity index (χ0v) is 22.4. The van der Waals surface area contributed by atoms with Gasteiger partial charge in [0.15, 0.2) is 0 Å². The number of aryl methyl sites for hydroxylation is 2. The molecule has 0 aliphatic carbocycles. The van der Waals surface area contributed by atoms with E-state index in [1.807, 2.05) is 54.8 Å². The van der Waals surface area contributed by atoms with Crippen LogP contribution in [0.25, 0.3) is 16.7 Å². The van der Waals surface area contributed by atoms with Crippen LogP contribution >= 0.6 is 11.6 Å². The number of ether oxygens (including phenoxy) is 1. The second kappa shape index (κ2) is 10.9. The molecule has 10 heteroatoms. The van der Waals surface area contributed by atoms with E-state index in [0.717, 1.165) is 39.2 Å². The van der Waals surface area contributed by atoms with Crippen LogP contribution in [-0.2, 0) is 34.2 Å². The molecule has 0 saturated heterocycles. The third kappa shape index (κ3) is 5.49. The Morgan fingerprint density at radius 1 is 1.11 bits per heavy atom. The van der Waals surface area contributed by atoms with Crippen molar-refractivity contribution in [3.8, 4) is 5.69 Å². The third-order valence-electron chi connectivity index (χ3n) is 6.13. The van der Waals surface area contributed by atoms with Crippen molar-refractivity contribution < 1.29 is 23.1 Å². The van der Waals surface area contributed by atoms with Crippen LogP contribution in [0.2, 0.25) is 5.02 Å². The minimum absolute atomic E-state index is 0.0535. The van der Waals surface area contributed by atoms with Crippen LogP contribution in [0.3, 0.4) is 0 Å². The lowest BCUT2D eigenvalue weighted by atomic mass is 10.1. The van der Waals surface area contributed by atoms with Crippen molar-refractivity contribution in [2.45, 2.75) is 38.2 Å². The lowest BCUT2D eigenvalue weighted by Gasteiger charge is -2.19. The van der Waals surface area contributed by atoms with E-state index in [4.69, 9.17) is 21.3 Å². The summed E-state index contributed by atoms with van der Waals surface area (Å²) in [6, 6.07) is 17.5. The lowest BCUT2D eigenvalue weighted by Crippen LogP contribution is -2.37. The first-order chi connectivity index (χ1) is 17.6. The molecular weight excluding hydrogens is 514 g/mol. The van der Waals surface area contributed by atoms with E-state index in [1.165, 1.54) is 12.1 Å². The van der Waals surface area contributed by atoms with Crippen LogP contribution in [0.15, 0.2) is 65.6 Å². The molecule has 3 aromatic carbocycles. The number of halogens is 1. The highest BCUT2D eigenvalue weighted by atomic mass is 35.5. The quantitative estimate of drug-likeness (QED) is 0.295. The Balaban J connectivity index is 1.58. The molecule has 0 radical (unpaired) electrons. The Labute approximate surface area is 221 Å². The number of hydrogen-bond donors (Lipinski definition) is 1. The summed E-state index contributed by atoms with van der Waals surface area (Å²) >= 11 is 6.48. The monoisotopic (exact) mass is 541 g/mol. The van der Waals surface area contributed by atoms with Gasteiger partial charge in [0.25, 0.3) is 10.0 Å². The van der Waals surface area contributed by atoms with E-state index >= 15 is 0 Å². The fourth-order valence-corrected chi connectivity index (χ4v) is 5.67. The molecule has 0 saturated carbocycles. The fraction of sp³-hybridized carbons (Fsp3) is 0.259. The van der Waals surface area contributed by atoms with Crippen molar-refractivity contribution in [1.29, 1.82) is 0 Å². The van der Waals surface area contributed by atoms with Gasteiger partial charge >= 0.3 is 6.09 Å². The number of carboxylic acid groups (broad SMARTS) is 1. The number of benzene rings is 3. The van der Waals surface area contributed by atoms with E-state index in [1.54, 1.807) is 19.2 Å². The maximum absolute atomic E-state index is 12.9. The van der Waals surface area contributed by atoms with Crippen LogP contribution in [0.1, 0.15) is 29.4 Å². The minimum Gasteiger partial charge on any atom is -0.464 e. The van der Waals surface area contributed by atoms with E-state index in [-0.39, 0.29) is 17.9 Å². The van der Waals surface area contributed by atoms with Crippen LogP contribution < -0.4 is 0 Å². The van der Waals surface area contributed by atoms with Crippen molar-refractivity contribution in [2.24, 2.45) is 0 Å². The van der Waals surface area contributed by atoms with Crippen LogP contribution in [0.4, 0.5) is 4.79 Å². The molecule has 0 atom stereocenters. The molecule has 1 N–H and O–H groups in total. The second-order valence-corrected chi connectivity index (χ2v) is 10.9. The predicted octanol–water partition coefficient (Wildman–Crippen LogP) is 5.61. The predicted molar refractivity (Wildman–Crippen MR) is 143 cm³/mol. The number of fused-ring (bicyclic) bond motifs is 1. The van der Waals surface area contributed by atoms with Gasteiger partial charge in [-0.25, -0.2) is 22.5 Å². The molecule has 0 aliphatic rings. The molecule has 0 unspecified atom stereocenters. The Hall–Kier alpha value is -3.40. The summed E-state index contributed by atoms with van der Waals surface area (Å²) in [7, 11) is -2.56. The first-order valence-corrected chi connectivity index (χ1v) is 13.6. The normalized spacial score (nSPS) is 11.7. The summed E-state index contributed by atoms with van der Waals surface area (Å²) in [5.41, 5.74) is 5.11. The third-order valence-corrected chi connectivity index (χ3v) is 8.27. The highest BCUT2D eigenvalue weighted by molar-refractivity contribution is 7.89. The molecule has 194 valence electrons. The first kappa shape index (κ1) is 26.7. The summed E-state index contributed by atoms with van der Waals surface area (Å²) in [6.07, 6.45) is -0.577. The van der Waals surface area contributed by atoms with Crippen molar-refractivity contribution in [2.75, 3.05) is 13.7 Å². The molecule has 0 aliphatic heterocycles. The van der Waals surface area contributed by atoms with Crippen molar-refractivity contribution in [3.63, 3.8) is 0 Å². The number of carbonyl (C=O) groups is 1. The molecule has 1 heterocycles. The Kier molecular flexibility index (Phi) is 7.87. The van der Waals surface area contributed by atoms with Gasteiger partial charge in [-0.2, -0.15) is 0 Å². The van der Waals surface area contributed by atoms with Gasteiger partial charge < -0.3 is 9.84 Å². The number of methoxy groups -OCH3 is 1. The topological polar surface area (TPSA) is 102 Å². The highest BCUT2D eigenvalue weighted by Gasteiger charge is 2.28. The minimum atomic E-state index is -4.18. The average molecular weight is 542 g/mol. The van der Waals surface area contributed by atoms with Crippen LogP contribution in [0, 0.1) is 6.92 Å². The average Bonchev–Trinajstić information content (AvgIpc) is 3.22. The number of aromatic nitrogens is 2. The molecule has 8 nitrogen and oxygen atoms in total. The van der Waals surface area contributed by atoms with Crippen molar-refractivity contribution in [3.05, 3.63) is 88.2 Å². The SMILES string of the molecule is CCc1nc2cc(COC)c(Cl)cc2n1-c1ccc(CCN(C(=O)O)S(=O)(=O)c2ccc(C)cc2)cc1. The number of rotatable bonds is 9. The number of sulfonamides is 1. The zero-order chi connectivity index (χ0) is 26.7. The summed E-state index contributed by atoms with van der Waals surface area (Å²) in [6.45, 7) is 4.05. The van der Waals surface area contributed by atoms with Crippen molar-refractivity contribution in [1.82, 2.24) is 13.9 Å². The number of nitrogens with zero attached hydrogens (tertiary/aromatic N) is 3.